The number of thiophene rings is 1. The molecule has 0 spiro atoms. The summed E-state index contributed by atoms with van der Waals surface area (Å²) in [5.74, 6) is 0. The molecular weight excluding hydrogens is 170 g/mol. The van der Waals surface area contributed by atoms with Crippen molar-refractivity contribution in [3.63, 3.8) is 0 Å². The molecule has 0 aliphatic rings. The molecule has 54 valence electrons. The van der Waals surface area contributed by atoms with E-state index >= 15 is 0 Å². The van der Waals surface area contributed by atoms with E-state index in [1.165, 1.54) is 11.3 Å². The number of nitrogens with two attached hydrogens (primary N) is 1. The zero-order valence-corrected chi connectivity index (χ0v) is 6.65. The van der Waals surface area contributed by atoms with Crippen LogP contribution in [0.3, 0.4) is 0 Å². The molecule has 4 heteroatoms. The lowest BCUT2D eigenvalue weighted by Crippen LogP contribution is -2.15. The monoisotopic (exact) mass is 175 g/mol. The van der Waals surface area contributed by atoms with Gasteiger partial charge < -0.3 is 5.73 Å². The van der Waals surface area contributed by atoms with E-state index in [0.29, 0.717) is 0 Å². The highest BCUT2D eigenvalue weighted by molar-refractivity contribution is 7.08. The number of hydrogen-bond acceptors (Lipinski definition) is 3. The van der Waals surface area contributed by atoms with Crippen molar-refractivity contribution in [2.24, 2.45) is 5.73 Å². The Morgan fingerprint density at radius 1 is 1.80 bits per heavy atom. The number of carbonyl (C=O) groups excluding carboxylic acids is 1. The minimum atomic E-state index is -0.659. The first-order valence-electron chi connectivity index (χ1n) is 2.69. The SMILES string of the molecule is N[C@@H](C(=O)Cl)c1ccsc1. The number of halogens is 1. The topological polar surface area (TPSA) is 43.1 Å². The van der Waals surface area contributed by atoms with Crippen LogP contribution in [0.5, 0.6) is 0 Å². The minimum Gasteiger partial charge on any atom is -0.317 e. The first kappa shape index (κ1) is 7.72. The normalized spacial score (nSPS) is 13.0. The molecule has 1 heterocycles. The van der Waals surface area contributed by atoms with E-state index in [2.05, 4.69) is 0 Å². The molecular formula is C6H6ClNOS. The molecule has 0 saturated heterocycles. The third-order valence-electron chi connectivity index (χ3n) is 1.15. The molecule has 0 saturated carbocycles. The Balaban J connectivity index is 2.77. The fourth-order valence-corrected chi connectivity index (χ4v) is 1.41. The van der Waals surface area contributed by atoms with E-state index in [1.54, 1.807) is 6.07 Å². The fourth-order valence-electron chi connectivity index (χ4n) is 0.583. The molecule has 0 aliphatic heterocycles. The van der Waals surface area contributed by atoms with Gasteiger partial charge in [-0.1, -0.05) is 0 Å². The third-order valence-corrected chi connectivity index (χ3v) is 2.08. The van der Waals surface area contributed by atoms with E-state index in [4.69, 9.17) is 17.3 Å². The molecule has 10 heavy (non-hydrogen) atoms. The van der Waals surface area contributed by atoms with Gasteiger partial charge in [0.2, 0.25) is 5.24 Å². The second-order valence-corrected chi connectivity index (χ2v) is 2.99. The van der Waals surface area contributed by atoms with Crippen molar-refractivity contribution in [2.75, 3.05) is 0 Å². The highest BCUT2D eigenvalue weighted by Gasteiger charge is 2.12. The van der Waals surface area contributed by atoms with Crippen molar-refractivity contribution in [1.82, 2.24) is 0 Å². The van der Waals surface area contributed by atoms with Crippen LogP contribution in [0.25, 0.3) is 0 Å². The van der Waals surface area contributed by atoms with Crippen LogP contribution < -0.4 is 5.73 Å². The van der Waals surface area contributed by atoms with Crippen LogP contribution in [-0.2, 0) is 4.79 Å². The second kappa shape index (κ2) is 3.14. The van der Waals surface area contributed by atoms with Crippen molar-refractivity contribution in [3.8, 4) is 0 Å². The Bertz CT molecular complexity index is 222. The van der Waals surface area contributed by atoms with Crippen LogP contribution in [-0.4, -0.2) is 5.24 Å². The summed E-state index contributed by atoms with van der Waals surface area (Å²) in [7, 11) is 0. The van der Waals surface area contributed by atoms with E-state index in [0.717, 1.165) is 5.56 Å². The summed E-state index contributed by atoms with van der Waals surface area (Å²) in [4.78, 5) is 10.5. The van der Waals surface area contributed by atoms with E-state index in [-0.39, 0.29) is 0 Å². The largest absolute Gasteiger partial charge is 0.317 e. The quantitative estimate of drug-likeness (QED) is 0.693. The molecule has 1 atom stereocenters. The van der Waals surface area contributed by atoms with Gasteiger partial charge in [0, 0.05) is 0 Å². The zero-order chi connectivity index (χ0) is 7.56. The predicted octanol–water partition coefficient (Wildman–Crippen LogP) is 1.51. The van der Waals surface area contributed by atoms with Crippen LogP contribution in [0.2, 0.25) is 0 Å². The predicted molar refractivity (Wildman–Crippen MR) is 42.1 cm³/mol. The molecule has 2 N–H and O–H groups in total. The summed E-state index contributed by atoms with van der Waals surface area (Å²) in [6, 6.07) is 1.13. The summed E-state index contributed by atoms with van der Waals surface area (Å²) < 4.78 is 0. The maximum atomic E-state index is 10.5. The van der Waals surface area contributed by atoms with Crippen molar-refractivity contribution >= 4 is 28.2 Å². The van der Waals surface area contributed by atoms with Gasteiger partial charge in [-0.2, -0.15) is 11.3 Å². The van der Waals surface area contributed by atoms with Crippen molar-refractivity contribution in [3.05, 3.63) is 22.4 Å². The van der Waals surface area contributed by atoms with E-state index in [9.17, 15) is 4.79 Å². The molecule has 0 aromatic carbocycles. The molecule has 0 aliphatic carbocycles. The van der Waals surface area contributed by atoms with Gasteiger partial charge in [0.1, 0.15) is 6.04 Å². The first-order chi connectivity index (χ1) is 4.72. The molecule has 1 rings (SSSR count). The van der Waals surface area contributed by atoms with E-state index in [1.807, 2.05) is 10.8 Å². The Hall–Kier alpha value is -0.380. The van der Waals surface area contributed by atoms with Gasteiger partial charge in [0.05, 0.1) is 0 Å². The maximum Gasteiger partial charge on any atom is 0.242 e. The van der Waals surface area contributed by atoms with Gasteiger partial charge in [-0.15, -0.1) is 0 Å². The lowest BCUT2D eigenvalue weighted by Gasteiger charge is -2.00. The van der Waals surface area contributed by atoms with Gasteiger partial charge in [0.25, 0.3) is 0 Å². The zero-order valence-electron chi connectivity index (χ0n) is 5.08. The lowest BCUT2D eigenvalue weighted by molar-refractivity contribution is -0.112. The van der Waals surface area contributed by atoms with Crippen LogP contribution in [0, 0.1) is 0 Å². The van der Waals surface area contributed by atoms with Crippen LogP contribution in [0.4, 0.5) is 0 Å². The Morgan fingerprint density at radius 3 is 2.90 bits per heavy atom. The molecule has 0 unspecified atom stereocenters. The Kier molecular flexibility index (Phi) is 2.43. The van der Waals surface area contributed by atoms with Crippen molar-refractivity contribution in [2.45, 2.75) is 6.04 Å². The summed E-state index contributed by atoms with van der Waals surface area (Å²) in [5, 5.41) is 3.15. The highest BCUT2D eigenvalue weighted by Crippen LogP contribution is 2.15. The van der Waals surface area contributed by atoms with Crippen LogP contribution >= 0.6 is 22.9 Å². The van der Waals surface area contributed by atoms with Crippen LogP contribution in [0.1, 0.15) is 11.6 Å². The molecule has 0 fully saturated rings. The number of hydrogen-bond donors (Lipinski definition) is 1. The summed E-state index contributed by atoms with van der Waals surface area (Å²) in [5.41, 5.74) is 6.19. The van der Waals surface area contributed by atoms with E-state index < -0.39 is 11.3 Å². The Morgan fingerprint density at radius 2 is 2.50 bits per heavy atom. The van der Waals surface area contributed by atoms with Crippen molar-refractivity contribution in [1.29, 1.82) is 0 Å². The molecule has 0 radical (unpaired) electrons. The fraction of sp³-hybridized carbons (Fsp3) is 0.167. The Labute approximate surface area is 67.6 Å². The molecule has 2 nitrogen and oxygen atoms in total. The third kappa shape index (κ3) is 1.56. The number of carbonyl (C=O) groups is 1. The molecule has 1 aromatic heterocycles. The molecule has 0 bridgehead atoms. The summed E-state index contributed by atoms with van der Waals surface area (Å²) in [6.45, 7) is 0. The van der Waals surface area contributed by atoms with Gasteiger partial charge in [-0.25, -0.2) is 0 Å². The molecule has 0 amide bonds. The average molecular weight is 176 g/mol. The highest BCUT2D eigenvalue weighted by atomic mass is 35.5. The molecule has 1 aromatic rings. The lowest BCUT2D eigenvalue weighted by atomic mass is 10.2. The summed E-state index contributed by atoms with van der Waals surface area (Å²) in [6.07, 6.45) is 0. The minimum absolute atomic E-state index is 0.515. The van der Waals surface area contributed by atoms with Crippen molar-refractivity contribution < 1.29 is 4.79 Å². The second-order valence-electron chi connectivity index (χ2n) is 1.84. The van der Waals surface area contributed by atoms with Gasteiger partial charge in [-0.05, 0) is 34.0 Å². The van der Waals surface area contributed by atoms with Gasteiger partial charge >= 0.3 is 0 Å². The first-order valence-corrected chi connectivity index (χ1v) is 4.01. The average Bonchev–Trinajstić information content (AvgIpc) is 2.36. The van der Waals surface area contributed by atoms with Gasteiger partial charge in [0.15, 0.2) is 0 Å². The standard InChI is InChI=1S/C6H6ClNOS/c7-6(9)5(8)4-1-2-10-3-4/h1-3,5H,8H2/t5-/m1/s1. The van der Waals surface area contributed by atoms with Gasteiger partial charge in [-0.3, -0.25) is 4.79 Å². The number of rotatable bonds is 2. The van der Waals surface area contributed by atoms with Crippen LogP contribution in [0.15, 0.2) is 16.8 Å². The maximum absolute atomic E-state index is 10.5. The summed E-state index contributed by atoms with van der Waals surface area (Å²) >= 11 is 6.65. The smallest absolute Gasteiger partial charge is 0.242 e.